The molecule has 3 aromatic carbocycles. The van der Waals surface area contributed by atoms with Gasteiger partial charge in [0.15, 0.2) is 11.5 Å². The lowest BCUT2D eigenvalue weighted by Gasteiger charge is -2.20. The predicted octanol–water partition coefficient (Wildman–Crippen LogP) is 4.95. The number of halogens is 2. The van der Waals surface area contributed by atoms with Crippen LogP contribution in [0.4, 0.5) is 4.39 Å². The summed E-state index contributed by atoms with van der Waals surface area (Å²) in [6, 6.07) is 16.9. The maximum absolute atomic E-state index is 13.1. The van der Waals surface area contributed by atoms with E-state index in [2.05, 4.69) is 37.8 Å². The first-order valence-corrected chi connectivity index (χ1v) is 12.4. The summed E-state index contributed by atoms with van der Waals surface area (Å²) >= 11 is 3.47. The van der Waals surface area contributed by atoms with Gasteiger partial charge in [0.2, 0.25) is 0 Å². The maximum Gasteiger partial charge on any atom is 0.262 e. The average molecular weight is 581 g/mol. The van der Waals surface area contributed by atoms with Gasteiger partial charge in [-0.05, 0) is 69.9 Å². The molecule has 0 radical (unpaired) electrons. The summed E-state index contributed by atoms with van der Waals surface area (Å²) in [5.74, 6) is -0.816. The number of nitriles is 1. The van der Waals surface area contributed by atoms with Crippen molar-refractivity contribution >= 4 is 34.0 Å². The van der Waals surface area contributed by atoms with Crippen molar-refractivity contribution in [2.45, 2.75) is 26.5 Å². The number of amides is 2. The van der Waals surface area contributed by atoms with Crippen molar-refractivity contribution in [3.63, 3.8) is 0 Å². The molecule has 0 saturated heterocycles. The molecule has 2 N–H and O–H groups in total. The molecule has 3 rings (SSSR count). The molecule has 0 saturated carbocycles. The van der Waals surface area contributed by atoms with Crippen molar-refractivity contribution in [1.82, 2.24) is 10.7 Å². The van der Waals surface area contributed by atoms with Gasteiger partial charge in [-0.1, -0.05) is 32.0 Å². The van der Waals surface area contributed by atoms with Crippen LogP contribution in [0.5, 0.6) is 11.5 Å². The van der Waals surface area contributed by atoms with Crippen molar-refractivity contribution in [2.24, 2.45) is 11.0 Å². The SMILES string of the molecule is COc1cc(C=NNC(=O)C(NC(=O)c2ccc(F)cc2)C(C)C)cc(Br)c1OCc1ccccc1C#N. The molecule has 0 aliphatic heterocycles. The largest absolute Gasteiger partial charge is 0.493 e. The Labute approximate surface area is 228 Å². The maximum atomic E-state index is 13.1. The monoisotopic (exact) mass is 580 g/mol. The first-order chi connectivity index (χ1) is 18.2. The number of nitrogens with zero attached hydrogens (tertiary/aromatic N) is 2. The first-order valence-electron chi connectivity index (χ1n) is 11.6. The molecule has 196 valence electrons. The predicted molar refractivity (Wildman–Crippen MR) is 144 cm³/mol. The number of benzene rings is 3. The lowest BCUT2D eigenvalue weighted by atomic mass is 10.0. The zero-order valence-corrected chi connectivity index (χ0v) is 22.6. The molecule has 10 heteroatoms. The van der Waals surface area contributed by atoms with Gasteiger partial charge in [-0.3, -0.25) is 9.59 Å². The summed E-state index contributed by atoms with van der Waals surface area (Å²) in [5.41, 5.74) is 4.56. The van der Waals surface area contributed by atoms with Crippen molar-refractivity contribution in [3.8, 4) is 17.6 Å². The summed E-state index contributed by atoms with van der Waals surface area (Å²) < 4.78 is 25.1. The van der Waals surface area contributed by atoms with Crippen LogP contribution >= 0.6 is 15.9 Å². The Hall–Kier alpha value is -4.23. The molecule has 0 aromatic heterocycles. The second kappa shape index (κ2) is 13.4. The fourth-order valence-electron chi connectivity index (χ4n) is 3.46. The molecule has 1 unspecified atom stereocenters. The van der Waals surface area contributed by atoms with Crippen LogP contribution in [0.3, 0.4) is 0 Å². The highest BCUT2D eigenvalue weighted by molar-refractivity contribution is 9.10. The van der Waals surface area contributed by atoms with E-state index in [9.17, 15) is 19.2 Å². The quantitative estimate of drug-likeness (QED) is 0.260. The van der Waals surface area contributed by atoms with E-state index in [4.69, 9.17) is 9.47 Å². The fraction of sp³-hybridized carbons (Fsp3) is 0.214. The summed E-state index contributed by atoms with van der Waals surface area (Å²) in [7, 11) is 1.50. The van der Waals surface area contributed by atoms with Gasteiger partial charge in [-0.2, -0.15) is 10.4 Å². The van der Waals surface area contributed by atoms with Gasteiger partial charge in [-0.25, -0.2) is 9.82 Å². The summed E-state index contributed by atoms with van der Waals surface area (Å²) in [6.07, 6.45) is 1.43. The zero-order chi connectivity index (χ0) is 27.7. The van der Waals surface area contributed by atoms with Crippen LogP contribution in [0.15, 0.2) is 70.2 Å². The molecule has 0 fully saturated rings. The van der Waals surface area contributed by atoms with Gasteiger partial charge >= 0.3 is 0 Å². The minimum atomic E-state index is -0.863. The normalized spacial score (nSPS) is 11.6. The van der Waals surface area contributed by atoms with Gasteiger partial charge in [0.25, 0.3) is 11.8 Å². The number of carbonyl (C=O) groups excluding carboxylic acids is 2. The van der Waals surface area contributed by atoms with Crippen molar-refractivity contribution in [3.05, 3.63) is 93.2 Å². The van der Waals surface area contributed by atoms with Gasteiger partial charge in [0.05, 0.1) is 29.4 Å². The highest BCUT2D eigenvalue weighted by Gasteiger charge is 2.24. The summed E-state index contributed by atoms with van der Waals surface area (Å²) in [5, 5.41) is 16.0. The van der Waals surface area contributed by atoms with Crippen molar-refractivity contribution in [1.29, 1.82) is 5.26 Å². The van der Waals surface area contributed by atoms with Gasteiger partial charge < -0.3 is 14.8 Å². The third-order valence-electron chi connectivity index (χ3n) is 5.49. The lowest BCUT2D eigenvalue weighted by Crippen LogP contribution is -2.48. The van der Waals surface area contributed by atoms with E-state index >= 15 is 0 Å². The highest BCUT2D eigenvalue weighted by Crippen LogP contribution is 2.37. The number of carbonyl (C=O) groups is 2. The molecule has 0 bridgehead atoms. The van der Waals surface area contributed by atoms with Crippen LogP contribution in [0.2, 0.25) is 0 Å². The van der Waals surface area contributed by atoms with E-state index in [1.165, 1.54) is 37.6 Å². The number of rotatable bonds is 10. The molecule has 0 aliphatic rings. The van der Waals surface area contributed by atoms with Crippen LogP contribution in [0.1, 0.15) is 40.9 Å². The Kier molecular flexibility index (Phi) is 9.96. The second-order valence-electron chi connectivity index (χ2n) is 8.53. The van der Waals surface area contributed by atoms with E-state index in [0.717, 1.165) is 5.56 Å². The van der Waals surface area contributed by atoms with Crippen LogP contribution in [0.25, 0.3) is 0 Å². The summed E-state index contributed by atoms with van der Waals surface area (Å²) in [6.45, 7) is 3.74. The van der Waals surface area contributed by atoms with E-state index in [0.29, 0.717) is 27.1 Å². The molecule has 0 spiro atoms. The smallest absolute Gasteiger partial charge is 0.262 e. The number of hydrazone groups is 1. The Morgan fingerprint density at radius 2 is 1.87 bits per heavy atom. The lowest BCUT2D eigenvalue weighted by molar-refractivity contribution is -0.123. The van der Waals surface area contributed by atoms with Crippen LogP contribution in [-0.4, -0.2) is 31.2 Å². The molecule has 2 amide bonds. The highest BCUT2D eigenvalue weighted by atomic mass is 79.9. The van der Waals surface area contributed by atoms with Gasteiger partial charge in [-0.15, -0.1) is 0 Å². The molecular weight excluding hydrogens is 555 g/mol. The third-order valence-corrected chi connectivity index (χ3v) is 6.08. The number of nitrogens with one attached hydrogen (secondary N) is 2. The summed E-state index contributed by atoms with van der Waals surface area (Å²) in [4.78, 5) is 25.2. The van der Waals surface area contributed by atoms with Crippen molar-refractivity contribution in [2.75, 3.05) is 7.11 Å². The second-order valence-corrected chi connectivity index (χ2v) is 9.38. The Morgan fingerprint density at radius 1 is 1.16 bits per heavy atom. The van der Waals surface area contributed by atoms with Crippen molar-refractivity contribution < 1.29 is 23.5 Å². The molecule has 0 aliphatic carbocycles. The number of ether oxygens (including phenoxy) is 2. The molecule has 3 aromatic rings. The fourth-order valence-corrected chi connectivity index (χ4v) is 4.03. The number of methoxy groups -OCH3 is 1. The average Bonchev–Trinajstić information content (AvgIpc) is 2.90. The minimum Gasteiger partial charge on any atom is -0.493 e. The molecular formula is C28H26BrFN4O4. The van der Waals surface area contributed by atoms with Crippen LogP contribution < -0.4 is 20.2 Å². The Morgan fingerprint density at radius 3 is 2.53 bits per heavy atom. The van der Waals surface area contributed by atoms with Crippen LogP contribution in [0, 0.1) is 23.1 Å². The van der Waals surface area contributed by atoms with E-state index in [1.807, 2.05) is 12.1 Å². The first kappa shape index (κ1) is 28.3. The Bertz CT molecular complexity index is 1370. The zero-order valence-electron chi connectivity index (χ0n) is 21.0. The number of hydrogen-bond donors (Lipinski definition) is 2. The Balaban J connectivity index is 1.67. The van der Waals surface area contributed by atoms with E-state index in [1.54, 1.807) is 38.1 Å². The number of hydrogen-bond acceptors (Lipinski definition) is 6. The third kappa shape index (κ3) is 7.40. The molecule has 1 atom stereocenters. The van der Waals surface area contributed by atoms with Crippen LogP contribution in [-0.2, 0) is 11.4 Å². The minimum absolute atomic E-state index is 0.169. The van der Waals surface area contributed by atoms with E-state index < -0.39 is 23.7 Å². The van der Waals surface area contributed by atoms with Gasteiger partial charge in [0.1, 0.15) is 18.5 Å². The molecule has 38 heavy (non-hydrogen) atoms. The molecule has 0 heterocycles. The standard InChI is InChI=1S/C28H26BrFN4O4/c1-17(2)25(33-27(35)19-8-10-22(30)11-9-19)28(36)34-32-15-18-12-23(29)26(24(13-18)37-3)38-16-21-7-5-4-6-20(21)14-31/h4-13,15,17,25H,16H2,1-3H3,(H,33,35)(H,34,36). The topological polar surface area (TPSA) is 113 Å². The molecule has 8 nitrogen and oxygen atoms in total. The van der Waals surface area contributed by atoms with E-state index in [-0.39, 0.29) is 18.1 Å². The van der Waals surface area contributed by atoms with Gasteiger partial charge in [0, 0.05) is 11.1 Å².